The van der Waals surface area contributed by atoms with Gasteiger partial charge in [-0.25, -0.2) is 8.78 Å². The molecule has 1 unspecified atom stereocenters. The van der Waals surface area contributed by atoms with E-state index in [0.717, 1.165) is 12.1 Å². The molecule has 4 nitrogen and oxygen atoms in total. The maximum absolute atomic E-state index is 12.9. The molecule has 2 amide bonds. The summed E-state index contributed by atoms with van der Waals surface area (Å²) in [4.78, 5) is 22.7. The van der Waals surface area contributed by atoms with Gasteiger partial charge in [-0.3, -0.25) is 9.59 Å². The Morgan fingerprint density at radius 2 is 1.94 bits per heavy atom. The second-order valence-corrected chi connectivity index (χ2v) is 4.17. The summed E-state index contributed by atoms with van der Waals surface area (Å²) < 4.78 is 25.9. The molecule has 1 aromatic carbocycles. The van der Waals surface area contributed by atoms with Crippen molar-refractivity contribution in [1.29, 1.82) is 0 Å². The van der Waals surface area contributed by atoms with Crippen molar-refractivity contribution in [1.82, 2.24) is 10.6 Å². The van der Waals surface area contributed by atoms with Crippen molar-refractivity contribution in [2.75, 3.05) is 6.54 Å². The second kappa shape index (κ2) is 5.12. The SMILES string of the molecule is O=C1CCC(NC(=O)c2cc(F)cc(F)c2)CN1. The summed E-state index contributed by atoms with van der Waals surface area (Å²) in [5, 5.41) is 5.23. The average molecular weight is 254 g/mol. The lowest BCUT2D eigenvalue weighted by molar-refractivity contribution is -0.122. The Bertz CT molecular complexity index is 461. The quantitative estimate of drug-likeness (QED) is 0.826. The zero-order valence-corrected chi connectivity index (χ0v) is 9.50. The maximum atomic E-state index is 12.9. The summed E-state index contributed by atoms with van der Waals surface area (Å²) >= 11 is 0. The van der Waals surface area contributed by atoms with Crippen LogP contribution in [0.15, 0.2) is 18.2 Å². The van der Waals surface area contributed by atoms with E-state index in [1.54, 1.807) is 0 Å². The molecule has 6 heteroatoms. The van der Waals surface area contributed by atoms with Gasteiger partial charge in [0.15, 0.2) is 0 Å². The lowest BCUT2D eigenvalue weighted by atomic mass is 10.1. The fourth-order valence-electron chi connectivity index (χ4n) is 1.81. The third-order valence-corrected chi connectivity index (χ3v) is 2.73. The van der Waals surface area contributed by atoms with E-state index < -0.39 is 17.5 Å². The molecular formula is C12H12F2N2O2. The Morgan fingerprint density at radius 1 is 1.28 bits per heavy atom. The molecule has 0 bridgehead atoms. The van der Waals surface area contributed by atoms with Crippen molar-refractivity contribution in [3.8, 4) is 0 Å². The van der Waals surface area contributed by atoms with Crippen LogP contribution >= 0.6 is 0 Å². The van der Waals surface area contributed by atoms with Crippen LogP contribution in [0.2, 0.25) is 0 Å². The normalized spacial score (nSPS) is 19.2. The summed E-state index contributed by atoms with van der Waals surface area (Å²) in [6, 6.07) is 2.44. The molecule has 0 aromatic heterocycles. The molecule has 0 saturated carbocycles. The Labute approximate surface area is 102 Å². The van der Waals surface area contributed by atoms with Crippen molar-refractivity contribution in [2.24, 2.45) is 0 Å². The van der Waals surface area contributed by atoms with E-state index in [1.165, 1.54) is 0 Å². The van der Waals surface area contributed by atoms with E-state index >= 15 is 0 Å². The summed E-state index contributed by atoms with van der Waals surface area (Å²) in [5.41, 5.74) is -0.0654. The van der Waals surface area contributed by atoms with Gasteiger partial charge in [-0.05, 0) is 18.6 Å². The number of carbonyl (C=O) groups is 2. The minimum Gasteiger partial charge on any atom is -0.354 e. The number of nitrogens with one attached hydrogen (secondary N) is 2. The highest BCUT2D eigenvalue weighted by molar-refractivity contribution is 5.94. The molecular weight excluding hydrogens is 242 g/mol. The Hall–Kier alpha value is -1.98. The molecule has 0 radical (unpaired) electrons. The van der Waals surface area contributed by atoms with Gasteiger partial charge < -0.3 is 10.6 Å². The van der Waals surface area contributed by atoms with Crippen molar-refractivity contribution >= 4 is 11.8 Å². The number of hydrogen-bond donors (Lipinski definition) is 2. The van der Waals surface area contributed by atoms with Gasteiger partial charge in [0.1, 0.15) is 11.6 Å². The minimum absolute atomic E-state index is 0.0581. The zero-order chi connectivity index (χ0) is 13.1. The van der Waals surface area contributed by atoms with E-state index in [-0.39, 0.29) is 17.5 Å². The topological polar surface area (TPSA) is 58.2 Å². The van der Waals surface area contributed by atoms with Gasteiger partial charge >= 0.3 is 0 Å². The van der Waals surface area contributed by atoms with Crippen molar-refractivity contribution in [3.63, 3.8) is 0 Å². The molecule has 0 spiro atoms. The third-order valence-electron chi connectivity index (χ3n) is 2.73. The van der Waals surface area contributed by atoms with E-state index in [1.807, 2.05) is 0 Å². The Morgan fingerprint density at radius 3 is 2.50 bits per heavy atom. The number of halogens is 2. The van der Waals surface area contributed by atoms with Crippen LogP contribution in [-0.2, 0) is 4.79 Å². The van der Waals surface area contributed by atoms with E-state index in [2.05, 4.69) is 10.6 Å². The van der Waals surface area contributed by atoms with Crippen LogP contribution in [-0.4, -0.2) is 24.4 Å². The average Bonchev–Trinajstić information content (AvgIpc) is 2.31. The largest absolute Gasteiger partial charge is 0.354 e. The fourth-order valence-corrected chi connectivity index (χ4v) is 1.81. The van der Waals surface area contributed by atoms with Crippen LogP contribution in [0.3, 0.4) is 0 Å². The first kappa shape index (κ1) is 12.5. The summed E-state index contributed by atoms with van der Waals surface area (Å²) in [7, 11) is 0. The first-order valence-electron chi connectivity index (χ1n) is 5.58. The van der Waals surface area contributed by atoms with Gasteiger partial charge in [-0.15, -0.1) is 0 Å². The standard InChI is InChI=1S/C12H12F2N2O2/c13-8-3-7(4-9(14)5-8)12(18)16-10-1-2-11(17)15-6-10/h3-5,10H,1-2,6H2,(H,15,17)(H,16,18). The van der Waals surface area contributed by atoms with E-state index in [0.29, 0.717) is 25.5 Å². The van der Waals surface area contributed by atoms with Crippen LogP contribution in [0.25, 0.3) is 0 Å². The van der Waals surface area contributed by atoms with E-state index in [9.17, 15) is 18.4 Å². The fraction of sp³-hybridized carbons (Fsp3) is 0.333. The monoisotopic (exact) mass is 254 g/mol. The molecule has 1 fully saturated rings. The van der Waals surface area contributed by atoms with Crippen molar-refractivity contribution in [2.45, 2.75) is 18.9 Å². The molecule has 1 aliphatic heterocycles. The predicted molar refractivity (Wildman–Crippen MR) is 59.9 cm³/mol. The first-order valence-corrected chi connectivity index (χ1v) is 5.58. The van der Waals surface area contributed by atoms with Crippen LogP contribution in [0.1, 0.15) is 23.2 Å². The highest BCUT2D eigenvalue weighted by atomic mass is 19.1. The summed E-state index contributed by atoms with van der Waals surface area (Å²) in [5.74, 6) is -2.19. The lowest BCUT2D eigenvalue weighted by Crippen LogP contribution is -2.47. The molecule has 2 N–H and O–H groups in total. The molecule has 1 saturated heterocycles. The molecule has 18 heavy (non-hydrogen) atoms. The molecule has 1 atom stereocenters. The molecule has 2 rings (SSSR count). The highest BCUT2D eigenvalue weighted by Crippen LogP contribution is 2.09. The van der Waals surface area contributed by atoms with Gasteiger partial charge in [-0.1, -0.05) is 0 Å². The molecule has 0 aliphatic carbocycles. The summed E-state index contributed by atoms with van der Waals surface area (Å²) in [6.45, 7) is 0.336. The van der Waals surface area contributed by atoms with Crippen LogP contribution in [0.5, 0.6) is 0 Å². The maximum Gasteiger partial charge on any atom is 0.251 e. The lowest BCUT2D eigenvalue weighted by Gasteiger charge is -2.23. The van der Waals surface area contributed by atoms with Gasteiger partial charge in [0.2, 0.25) is 5.91 Å². The Balaban J connectivity index is 2.01. The van der Waals surface area contributed by atoms with E-state index in [4.69, 9.17) is 0 Å². The van der Waals surface area contributed by atoms with Crippen LogP contribution < -0.4 is 10.6 Å². The van der Waals surface area contributed by atoms with Crippen LogP contribution in [0, 0.1) is 11.6 Å². The zero-order valence-electron chi connectivity index (χ0n) is 9.50. The molecule has 1 heterocycles. The van der Waals surface area contributed by atoms with Gasteiger partial charge in [-0.2, -0.15) is 0 Å². The van der Waals surface area contributed by atoms with Crippen molar-refractivity contribution < 1.29 is 18.4 Å². The number of rotatable bonds is 2. The predicted octanol–water partition coefficient (Wildman–Crippen LogP) is 0.973. The third kappa shape index (κ3) is 3.03. The molecule has 1 aromatic rings. The molecule has 1 aliphatic rings. The second-order valence-electron chi connectivity index (χ2n) is 4.17. The van der Waals surface area contributed by atoms with Gasteiger partial charge in [0.05, 0.1) is 0 Å². The minimum atomic E-state index is -0.794. The smallest absolute Gasteiger partial charge is 0.251 e. The van der Waals surface area contributed by atoms with Crippen molar-refractivity contribution in [3.05, 3.63) is 35.4 Å². The highest BCUT2D eigenvalue weighted by Gasteiger charge is 2.20. The number of amides is 2. The molecule has 96 valence electrons. The van der Waals surface area contributed by atoms with Crippen LogP contribution in [0.4, 0.5) is 8.78 Å². The number of benzene rings is 1. The number of hydrogen-bond acceptors (Lipinski definition) is 2. The van der Waals surface area contributed by atoms with Gasteiger partial charge in [0, 0.05) is 30.6 Å². The van der Waals surface area contributed by atoms with Gasteiger partial charge in [0.25, 0.3) is 5.91 Å². The number of piperidine rings is 1. The Kier molecular flexibility index (Phi) is 3.55. The first-order chi connectivity index (χ1) is 8.54. The summed E-state index contributed by atoms with van der Waals surface area (Å²) in [6.07, 6.45) is 0.859. The number of carbonyl (C=O) groups excluding carboxylic acids is 2.